The molecular formula is C25H27N3O4S. The Hall–Kier alpha value is -3.65. The molecule has 3 aromatic rings. The Kier molecular flexibility index (Phi) is 6.88. The summed E-state index contributed by atoms with van der Waals surface area (Å²) in [7, 11) is -3.45. The van der Waals surface area contributed by atoms with E-state index in [0.29, 0.717) is 22.6 Å². The molecule has 0 bridgehead atoms. The van der Waals surface area contributed by atoms with Crippen LogP contribution in [-0.2, 0) is 15.4 Å². The highest BCUT2D eigenvalue weighted by Gasteiger charge is 2.15. The first-order valence-electron chi connectivity index (χ1n) is 10.3. The van der Waals surface area contributed by atoms with Crippen LogP contribution in [0.15, 0.2) is 72.8 Å². The van der Waals surface area contributed by atoms with Crippen LogP contribution >= 0.6 is 0 Å². The number of anilines is 3. The Balaban J connectivity index is 1.69. The van der Waals surface area contributed by atoms with Crippen LogP contribution in [0.4, 0.5) is 17.1 Å². The van der Waals surface area contributed by atoms with E-state index in [1.807, 2.05) is 12.1 Å². The highest BCUT2D eigenvalue weighted by Crippen LogP contribution is 2.23. The molecular weight excluding hydrogens is 438 g/mol. The monoisotopic (exact) mass is 465 g/mol. The van der Waals surface area contributed by atoms with Gasteiger partial charge in [-0.1, -0.05) is 45.0 Å². The zero-order chi connectivity index (χ0) is 24.2. The molecule has 0 aliphatic heterocycles. The van der Waals surface area contributed by atoms with E-state index in [-0.39, 0.29) is 16.9 Å². The van der Waals surface area contributed by atoms with Crippen molar-refractivity contribution in [2.75, 3.05) is 21.6 Å². The van der Waals surface area contributed by atoms with Gasteiger partial charge in [0.1, 0.15) is 0 Å². The summed E-state index contributed by atoms with van der Waals surface area (Å²) in [4.78, 5) is 25.3. The van der Waals surface area contributed by atoms with Gasteiger partial charge in [-0.2, -0.15) is 0 Å². The molecule has 0 aliphatic carbocycles. The number of amides is 2. The number of carbonyl (C=O) groups excluding carboxylic acids is 2. The number of sulfonamides is 1. The molecule has 33 heavy (non-hydrogen) atoms. The second-order valence-corrected chi connectivity index (χ2v) is 10.5. The minimum atomic E-state index is -3.45. The van der Waals surface area contributed by atoms with Crippen LogP contribution < -0.4 is 15.4 Å². The van der Waals surface area contributed by atoms with Crippen LogP contribution in [0, 0.1) is 0 Å². The lowest BCUT2D eigenvalue weighted by atomic mass is 9.87. The highest BCUT2D eigenvalue weighted by molar-refractivity contribution is 7.92. The van der Waals surface area contributed by atoms with Crippen LogP contribution in [0.2, 0.25) is 0 Å². The molecule has 0 radical (unpaired) electrons. The standard InChI is InChI=1S/C25H27N3O4S/c1-25(2,3)19-13-11-17(12-14-19)23(29)26-20-8-6-9-21(16-20)27-24(30)18-7-5-10-22(15-18)28-33(4,31)32/h5-16,28H,1-4H3,(H,26,29)(H,27,30). The quantitative estimate of drug-likeness (QED) is 0.483. The number of nitrogens with one attached hydrogen (secondary N) is 3. The predicted molar refractivity (Wildman–Crippen MR) is 132 cm³/mol. The van der Waals surface area contributed by atoms with Gasteiger partial charge < -0.3 is 10.6 Å². The molecule has 0 spiro atoms. The molecule has 3 N–H and O–H groups in total. The summed E-state index contributed by atoms with van der Waals surface area (Å²) < 4.78 is 25.2. The molecule has 2 amide bonds. The first kappa shape index (κ1) is 24.0. The molecule has 0 aliphatic rings. The van der Waals surface area contributed by atoms with E-state index in [0.717, 1.165) is 11.8 Å². The van der Waals surface area contributed by atoms with E-state index in [2.05, 4.69) is 36.1 Å². The molecule has 0 unspecified atom stereocenters. The minimum Gasteiger partial charge on any atom is -0.322 e. The van der Waals surface area contributed by atoms with Crippen LogP contribution in [0.3, 0.4) is 0 Å². The zero-order valence-corrected chi connectivity index (χ0v) is 19.8. The number of rotatable bonds is 6. The van der Waals surface area contributed by atoms with Crippen molar-refractivity contribution in [3.8, 4) is 0 Å². The highest BCUT2D eigenvalue weighted by atomic mass is 32.2. The lowest BCUT2D eigenvalue weighted by Gasteiger charge is -2.19. The molecule has 172 valence electrons. The van der Waals surface area contributed by atoms with Crippen molar-refractivity contribution < 1.29 is 18.0 Å². The van der Waals surface area contributed by atoms with Crippen molar-refractivity contribution in [2.24, 2.45) is 0 Å². The predicted octanol–water partition coefficient (Wildman–Crippen LogP) is 4.86. The number of hydrogen-bond donors (Lipinski definition) is 3. The third kappa shape index (κ3) is 6.92. The van der Waals surface area contributed by atoms with Crippen LogP contribution in [0.5, 0.6) is 0 Å². The van der Waals surface area contributed by atoms with Gasteiger partial charge in [0.05, 0.1) is 6.26 Å². The second kappa shape index (κ2) is 9.46. The Labute approximate surface area is 194 Å². The fraction of sp³-hybridized carbons (Fsp3) is 0.200. The molecule has 0 saturated carbocycles. The zero-order valence-electron chi connectivity index (χ0n) is 19.0. The van der Waals surface area contributed by atoms with Crippen LogP contribution in [-0.4, -0.2) is 26.5 Å². The third-order valence-electron chi connectivity index (χ3n) is 4.82. The van der Waals surface area contributed by atoms with Gasteiger partial charge in [0.15, 0.2) is 0 Å². The van der Waals surface area contributed by atoms with Crippen molar-refractivity contribution in [3.63, 3.8) is 0 Å². The topological polar surface area (TPSA) is 104 Å². The summed E-state index contributed by atoms with van der Waals surface area (Å²) >= 11 is 0. The summed E-state index contributed by atoms with van der Waals surface area (Å²) in [6.45, 7) is 6.33. The van der Waals surface area contributed by atoms with Gasteiger partial charge in [0, 0.05) is 28.2 Å². The van der Waals surface area contributed by atoms with Gasteiger partial charge in [0.25, 0.3) is 11.8 Å². The summed E-state index contributed by atoms with van der Waals surface area (Å²) in [6, 6.07) is 20.4. The Morgan fingerprint density at radius 2 is 1.21 bits per heavy atom. The van der Waals surface area contributed by atoms with Gasteiger partial charge in [-0.3, -0.25) is 14.3 Å². The fourth-order valence-corrected chi connectivity index (χ4v) is 3.70. The Morgan fingerprint density at radius 1 is 0.697 bits per heavy atom. The van der Waals surface area contributed by atoms with E-state index in [1.54, 1.807) is 54.6 Å². The maximum atomic E-state index is 12.6. The first-order valence-corrected chi connectivity index (χ1v) is 12.2. The van der Waals surface area contributed by atoms with Gasteiger partial charge in [-0.25, -0.2) is 8.42 Å². The van der Waals surface area contributed by atoms with Gasteiger partial charge in [0.2, 0.25) is 10.0 Å². The number of benzene rings is 3. The number of hydrogen-bond acceptors (Lipinski definition) is 4. The SMILES string of the molecule is CC(C)(C)c1ccc(C(=O)Nc2cccc(NC(=O)c3cccc(NS(C)(=O)=O)c3)c2)cc1. The van der Waals surface area contributed by atoms with E-state index < -0.39 is 15.9 Å². The molecule has 3 aromatic carbocycles. The molecule has 0 heterocycles. The summed E-state index contributed by atoms with van der Waals surface area (Å²) in [5.41, 5.74) is 3.28. The van der Waals surface area contributed by atoms with Crippen molar-refractivity contribution in [1.82, 2.24) is 0 Å². The van der Waals surface area contributed by atoms with Gasteiger partial charge >= 0.3 is 0 Å². The second-order valence-electron chi connectivity index (χ2n) is 8.77. The van der Waals surface area contributed by atoms with E-state index in [1.165, 1.54) is 6.07 Å². The average molecular weight is 466 g/mol. The van der Waals surface area contributed by atoms with Gasteiger partial charge in [-0.05, 0) is 59.5 Å². The van der Waals surface area contributed by atoms with Gasteiger partial charge in [-0.15, -0.1) is 0 Å². The van der Waals surface area contributed by atoms with Crippen molar-refractivity contribution >= 4 is 38.9 Å². The van der Waals surface area contributed by atoms with Crippen molar-refractivity contribution in [1.29, 1.82) is 0 Å². The van der Waals surface area contributed by atoms with E-state index in [9.17, 15) is 18.0 Å². The lowest BCUT2D eigenvalue weighted by Crippen LogP contribution is -2.15. The first-order chi connectivity index (χ1) is 15.4. The van der Waals surface area contributed by atoms with Crippen molar-refractivity contribution in [3.05, 3.63) is 89.5 Å². The van der Waals surface area contributed by atoms with E-state index >= 15 is 0 Å². The third-order valence-corrected chi connectivity index (χ3v) is 5.43. The summed E-state index contributed by atoms with van der Waals surface area (Å²) in [5.74, 6) is -0.660. The molecule has 0 fully saturated rings. The molecule has 0 saturated heterocycles. The summed E-state index contributed by atoms with van der Waals surface area (Å²) in [6.07, 6.45) is 1.04. The smallest absolute Gasteiger partial charge is 0.255 e. The lowest BCUT2D eigenvalue weighted by molar-refractivity contribution is 0.101. The van der Waals surface area contributed by atoms with Crippen LogP contribution in [0.25, 0.3) is 0 Å². The molecule has 0 atom stereocenters. The molecule has 8 heteroatoms. The number of carbonyl (C=O) groups is 2. The normalized spacial score (nSPS) is 11.5. The van der Waals surface area contributed by atoms with Crippen LogP contribution in [0.1, 0.15) is 47.1 Å². The average Bonchev–Trinajstić information content (AvgIpc) is 2.72. The fourth-order valence-electron chi connectivity index (χ4n) is 3.14. The summed E-state index contributed by atoms with van der Waals surface area (Å²) in [5, 5.41) is 5.60. The molecule has 3 rings (SSSR count). The molecule has 7 nitrogen and oxygen atoms in total. The van der Waals surface area contributed by atoms with E-state index in [4.69, 9.17) is 0 Å². The maximum Gasteiger partial charge on any atom is 0.255 e. The largest absolute Gasteiger partial charge is 0.322 e. The Morgan fingerprint density at radius 3 is 1.76 bits per heavy atom. The Bertz CT molecular complexity index is 1280. The van der Waals surface area contributed by atoms with Crippen molar-refractivity contribution in [2.45, 2.75) is 26.2 Å². The molecule has 0 aromatic heterocycles. The maximum absolute atomic E-state index is 12.6. The minimum absolute atomic E-state index is 0.00191.